The van der Waals surface area contributed by atoms with E-state index < -0.39 is 0 Å². The number of nitrogens with zero attached hydrogens (tertiary/aromatic N) is 2. The summed E-state index contributed by atoms with van der Waals surface area (Å²) in [4.78, 5) is 21.4. The monoisotopic (exact) mass is 454 g/mol. The number of carbonyl (C=O) groups excluding carboxylic acids is 1. The molecule has 0 spiro atoms. The summed E-state index contributed by atoms with van der Waals surface area (Å²) in [6, 6.07) is 0. The van der Waals surface area contributed by atoms with E-state index in [0.717, 1.165) is 29.6 Å². The van der Waals surface area contributed by atoms with Gasteiger partial charge in [0.2, 0.25) is 0 Å². The largest absolute Gasteiger partial charge is 0.466 e. The molecule has 0 aliphatic rings. The fourth-order valence-electron chi connectivity index (χ4n) is 1.89. The van der Waals surface area contributed by atoms with Crippen LogP contribution in [0.2, 0.25) is 0 Å². The van der Waals surface area contributed by atoms with Crippen molar-refractivity contribution < 1.29 is 9.53 Å². The van der Waals surface area contributed by atoms with Gasteiger partial charge in [0.05, 0.1) is 23.9 Å². The predicted molar refractivity (Wildman–Crippen MR) is 106 cm³/mol. The number of ether oxygens (including phenoxy) is 1. The first-order chi connectivity index (χ1) is 10.6. The van der Waals surface area contributed by atoms with Crippen molar-refractivity contribution in [1.82, 2.24) is 15.6 Å². The second-order valence-corrected chi connectivity index (χ2v) is 6.06. The van der Waals surface area contributed by atoms with Gasteiger partial charge in [-0.3, -0.25) is 4.79 Å². The van der Waals surface area contributed by atoms with Crippen LogP contribution < -0.4 is 10.6 Å². The molecule has 0 saturated carbocycles. The number of aliphatic imine (C=N–C) groups is 1. The summed E-state index contributed by atoms with van der Waals surface area (Å²) in [5.74, 6) is 0.610. The minimum absolute atomic E-state index is 0. The van der Waals surface area contributed by atoms with Crippen LogP contribution in [0.5, 0.6) is 0 Å². The van der Waals surface area contributed by atoms with Crippen molar-refractivity contribution in [2.75, 3.05) is 19.7 Å². The average molecular weight is 454 g/mol. The van der Waals surface area contributed by atoms with E-state index in [9.17, 15) is 4.79 Å². The molecule has 0 atom stereocenters. The molecular formula is C15H27IN4O2S. The van der Waals surface area contributed by atoms with Gasteiger partial charge < -0.3 is 15.4 Å². The molecule has 0 saturated heterocycles. The molecular weight excluding hydrogens is 427 g/mol. The Hall–Kier alpha value is -0.900. The molecule has 0 aromatic carbocycles. The van der Waals surface area contributed by atoms with Crippen LogP contribution in [0.25, 0.3) is 0 Å². The molecule has 23 heavy (non-hydrogen) atoms. The van der Waals surface area contributed by atoms with E-state index in [1.807, 2.05) is 27.7 Å². The molecule has 0 fully saturated rings. The summed E-state index contributed by atoms with van der Waals surface area (Å²) in [5, 5.41) is 7.49. The van der Waals surface area contributed by atoms with Gasteiger partial charge in [-0.25, -0.2) is 9.98 Å². The quantitative estimate of drug-likeness (QED) is 0.208. The lowest BCUT2D eigenvalue weighted by molar-refractivity contribution is -0.143. The number of esters is 1. The van der Waals surface area contributed by atoms with Gasteiger partial charge in [-0.2, -0.15) is 0 Å². The Kier molecular flexibility index (Phi) is 12.0. The van der Waals surface area contributed by atoms with Crippen LogP contribution in [0.1, 0.15) is 42.3 Å². The zero-order valence-electron chi connectivity index (χ0n) is 14.3. The van der Waals surface area contributed by atoms with Crippen molar-refractivity contribution in [2.45, 2.75) is 47.1 Å². The molecule has 1 heterocycles. The first-order valence-electron chi connectivity index (χ1n) is 7.67. The Morgan fingerprint density at radius 3 is 2.61 bits per heavy atom. The number of hydrogen-bond donors (Lipinski definition) is 2. The van der Waals surface area contributed by atoms with Gasteiger partial charge in [-0.15, -0.1) is 35.3 Å². The Morgan fingerprint density at radius 1 is 1.30 bits per heavy atom. The Bertz CT molecular complexity index is 506. The molecule has 0 aliphatic carbocycles. The van der Waals surface area contributed by atoms with Crippen molar-refractivity contribution in [3.63, 3.8) is 0 Å². The summed E-state index contributed by atoms with van der Waals surface area (Å²) in [6.45, 7) is 10.4. The van der Waals surface area contributed by atoms with E-state index in [0.29, 0.717) is 26.1 Å². The molecule has 0 bridgehead atoms. The van der Waals surface area contributed by atoms with E-state index >= 15 is 0 Å². The third-order valence-corrected chi connectivity index (χ3v) is 3.94. The zero-order chi connectivity index (χ0) is 16.4. The fraction of sp³-hybridized carbons (Fsp3) is 0.667. The van der Waals surface area contributed by atoms with Crippen LogP contribution in [0.3, 0.4) is 0 Å². The number of carbonyl (C=O) groups is 1. The number of aromatic nitrogens is 1. The fourth-order valence-corrected chi connectivity index (χ4v) is 2.75. The minimum Gasteiger partial charge on any atom is -0.466 e. The SMILES string of the molecule is CCNC(=NCc1sc(C)nc1C)NCCCC(=O)OCC.I. The molecule has 2 N–H and O–H groups in total. The van der Waals surface area contributed by atoms with Gasteiger partial charge in [-0.1, -0.05) is 0 Å². The molecule has 0 aliphatic heterocycles. The normalized spacial score (nSPS) is 10.9. The van der Waals surface area contributed by atoms with Crippen molar-refractivity contribution >= 4 is 47.2 Å². The highest BCUT2D eigenvalue weighted by molar-refractivity contribution is 14.0. The van der Waals surface area contributed by atoms with Crippen molar-refractivity contribution in [3.8, 4) is 0 Å². The van der Waals surface area contributed by atoms with Crippen LogP contribution in [0.4, 0.5) is 0 Å². The maximum absolute atomic E-state index is 11.3. The molecule has 0 radical (unpaired) electrons. The number of aryl methyl sites for hydroxylation is 2. The summed E-state index contributed by atoms with van der Waals surface area (Å²) in [5.41, 5.74) is 1.05. The minimum atomic E-state index is -0.151. The summed E-state index contributed by atoms with van der Waals surface area (Å²) in [6.07, 6.45) is 1.15. The van der Waals surface area contributed by atoms with Crippen molar-refractivity contribution in [1.29, 1.82) is 0 Å². The predicted octanol–water partition coefficient (Wildman–Crippen LogP) is 2.78. The number of nitrogens with one attached hydrogen (secondary N) is 2. The van der Waals surface area contributed by atoms with Crippen LogP contribution >= 0.6 is 35.3 Å². The van der Waals surface area contributed by atoms with E-state index in [-0.39, 0.29) is 29.9 Å². The first-order valence-corrected chi connectivity index (χ1v) is 8.49. The van der Waals surface area contributed by atoms with Gasteiger partial charge in [0.1, 0.15) is 0 Å². The molecule has 132 valence electrons. The number of hydrogen-bond acceptors (Lipinski definition) is 5. The number of halogens is 1. The van der Waals surface area contributed by atoms with Gasteiger partial charge in [0.25, 0.3) is 0 Å². The number of rotatable bonds is 8. The molecule has 8 heteroatoms. The van der Waals surface area contributed by atoms with E-state index in [1.54, 1.807) is 11.3 Å². The van der Waals surface area contributed by atoms with E-state index in [2.05, 4.69) is 20.6 Å². The van der Waals surface area contributed by atoms with Gasteiger partial charge >= 0.3 is 5.97 Å². The molecule has 0 unspecified atom stereocenters. The van der Waals surface area contributed by atoms with E-state index in [4.69, 9.17) is 4.74 Å². The topological polar surface area (TPSA) is 75.6 Å². The smallest absolute Gasteiger partial charge is 0.305 e. The highest BCUT2D eigenvalue weighted by atomic mass is 127. The van der Waals surface area contributed by atoms with Crippen LogP contribution in [0.15, 0.2) is 4.99 Å². The van der Waals surface area contributed by atoms with Crippen molar-refractivity contribution in [3.05, 3.63) is 15.6 Å². The summed E-state index contributed by atoms with van der Waals surface area (Å²) in [7, 11) is 0. The third-order valence-electron chi connectivity index (χ3n) is 2.88. The highest BCUT2D eigenvalue weighted by Gasteiger charge is 2.05. The van der Waals surface area contributed by atoms with Gasteiger partial charge in [-0.05, 0) is 34.1 Å². The summed E-state index contributed by atoms with van der Waals surface area (Å²) < 4.78 is 4.90. The first kappa shape index (κ1) is 22.1. The third kappa shape index (κ3) is 9.09. The number of guanidine groups is 1. The van der Waals surface area contributed by atoms with Gasteiger partial charge in [0.15, 0.2) is 5.96 Å². The van der Waals surface area contributed by atoms with Crippen LogP contribution in [-0.4, -0.2) is 36.6 Å². The van der Waals surface area contributed by atoms with Gasteiger partial charge in [0, 0.05) is 24.4 Å². The van der Waals surface area contributed by atoms with E-state index in [1.165, 1.54) is 4.88 Å². The maximum atomic E-state index is 11.3. The average Bonchev–Trinajstić information content (AvgIpc) is 2.79. The van der Waals surface area contributed by atoms with Crippen LogP contribution in [-0.2, 0) is 16.1 Å². The molecule has 6 nitrogen and oxygen atoms in total. The molecule has 1 rings (SSSR count). The van der Waals surface area contributed by atoms with Crippen molar-refractivity contribution in [2.24, 2.45) is 4.99 Å². The molecule has 1 aromatic rings. The maximum Gasteiger partial charge on any atom is 0.305 e. The Morgan fingerprint density at radius 2 is 2.04 bits per heavy atom. The number of thiazole rings is 1. The standard InChI is InChI=1S/C15H26N4O2S.HI/c1-5-16-15(17-9-7-8-14(20)21-6-2)18-10-13-11(3)19-12(4)22-13;/h5-10H2,1-4H3,(H2,16,17,18);1H. The second kappa shape index (κ2) is 12.5. The van der Waals surface area contributed by atoms with Crippen LogP contribution in [0, 0.1) is 13.8 Å². The Labute approximate surface area is 159 Å². The molecule has 0 amide bonds. The second-order valence-electron chi connectivity index (χ2n) is 4.77. The summed E-state index contributed by atoms with van der Waals surface area (Å²) >= 11 is 1.68. The zero-order valence-corrected chi connectivity index (χ0v) is 17.4. The highest BCUT2D eigenvalue weighted by Crippen LogP contribution is 2.17. The lowest BCUT2D eigenvalue weighted by Crippen LogP contribution is -2.37. The molecule has 1 aromatic heterocycles. The Balaban J connectivity index is 0.00000484. The lowest BCUT2D eigenvalue weighted by Gasteiger charge is -2.10. The lowest BCUT2D eigenvalue weighted by atomic mass is 10.3.